The van der Waals surface area contributed by atoms with Crippen LogP contribution in [0.15, 0.2) is 41.1 Å². The average Bonchev–Trinajstić information content (AvgIpc) is 3.18. The molecule has 0 spiro atoms. The van der Waals surface area contributed by atoms with Gasteiger partial charge in [-0.15, -0.1) is 0 Å². The second-order valence-corrected chi connectivity index (χ2v) is 7.99. The summed E-state index contributed by atoms with van der Waals surface area (Å²) >= 11 is 0. The van der Waals surface area contributed by atoms with Crippen LogP contribution in [-0.4, -0.2) is 28.8 Å². The summed E-state index contributed by atoms with van der Waals surface area (Å²) < 4.78 is 64.6. The summed E-state index contributed by atoms with van der Waals surface area (Å²) in [6.45, 7) is 5.99. The van der Waals surface area contributed by atoms with Crippen molar-refractivity contribution < 1.29 is 31.6 Å². The Bertz CT molecular complexity index is 1160. The molecule has 2 heterocycles. The van der Waals surface area contributed by atoms with Crippen molar-refractivity contribution in [2.75, 3.05) is 11.9 Å². The van der Waals surface area contributed by atoms with Crippen molar-refractivity contribution >= 4 is 11.8 Å². The number of hydrogen-bond donors (Lipinski definition) is 1. The number of amides is 1. The average molecular weight is 465 g/mol. The van der Waals surface area contributed by atoms with Crippen LogP contribution < -0.4 is 10.1 Å². The van der Waals surface area contributed by atoms with Gasteiger partial charge in [-0.3, -0.25) is 15.1 Å². The number of nitrogens with one attached hydrogen (secondary N) is 1. The lowest BCUT2D eigenvalue weighted by molar-refractivity contribution is -0.181. The van der Waals surface area contributed by atoms with Crippen molar-refractivity contribution in [1.29, 1.82) is 0 Å². The van der Waals surface area contributed by atoms with Gasteiger partial charge in [0, 0.05) is 29.6 Å². The van der Waals surface area contributed by atoms with Crippen LogP contribution in [0.2, 0.25) is 0 Å². The highest BCUT2D eigenvalue weighted by Gasteiger charge is 2.50. The van der Waals surface area contributed by atoms with Crippen molar-refractivity contribution in [2.45, 2.75) is 45.7 Å². The molecule has 0 aliphatic rings. The molecule has 1 aromatic carbocycles. The summed E-state index contributed by atoms with van der Waals surface area (Å²) in [5.74, 6) is -0.974. The minimum atomic E-state index is -4.55. The van der Waals surface area contributed by atoms with E-state index in [1.54, 1.807) is 18.3 Å². The van der Waals surface area contributed by atoms with Crippen LogP contribution >= 0.6 is 0 Å². The Labute approximate surface area is 188 Å². The molecule has 0 saturated heterocycles. The normalized spacial score (nSPS) is 12.0. The molecule has 1 amide bonds. The largest absolute Gasteiger partial charge is 0.493 e. The molecule has 33 heavy (non-hydrogen) atoms. The minimum Gasteiger partial charge on any atom is -0.493 e. The molecule has 0 aliphatic heterocycles. The highest BCUT2D eigenvalue weighted by atomic mass is 19.4. The number of aryl methyl sites for hydroxylation is 1. The number of nitrogens with zero attached hydrogens (tertiary/aromatic N) is 2. The lowest BCUT2D eigenvalue weighted by atomic mass is 9.89. The number of halogens is 4. The molecule has 2 aromatic heterocycles. The van der Waals surface area contributed by atoms with Gasteiger partial charge in [0.05, 0.1) is 13.0 Å². The molecule has 176 valence electrons. The van der Waals surface area contributed by atoms with E-state index < -0.39 is 23.3 Å². The first kappa shape index (κ1) is 24.2. The van der Waals surface area contributed by atoms with Crippen molar-refractivity contribution in [2.24, 2.45) is 0 Å². The summed E-state index contributed by atoms with van der Waals surface area (Å²) in [5.41, 5.74) is -0.639. The van der Waals surface area contributed by atoms with Gasteiger partial charge in [0.1, 0.15) is 22.7 Å². The Morgan fingerprint density at radius 1 is 1.18 bits per heavy atom. The summed E-state index contributed by atoms with van der Waals surface area (Å²) in [6, 6.07) is 7.13. The highest BCUT2D eigenvalue weighted by Crippen LogP contribution is 2.40. The molecule has 0 bridgehead atoms. The van der Waals surface area contributed by atoms with E-state index in [1.807, 2.05) is 13.8 Å². The zero-order valence-electron chi connectivity index (χ0n) is 18.5. The summed E-state index contributed by atoms with van der Waals surface area (Å²) in [6.07, 6.45) is -3.31. The topological polar surface area (TPSA) is 77.2 Å². The predicted octanol–water partition coefficient (Wildman–Crippen LogP) is 5.60. The van der Waals surface area contributed by atoms with E-state index in [2.05, 4.69) is 15.5 Å². The fraction of sp³-hybridized carbons (Fsp3) is 0.348. The molecule has 1 N–H and O–H groups in total. The van der Waals surface area contributed by atoms with Crippen molar-refractivity contribution in [3.8, 4) is 16.9 Å². The van der Waals surface area contributed by atoms with Gasteiger partial charge < -0.3 is 9.26 Å². The summed E-state index contributed by atoms with van der Waals surface area (Å²) in [7, 11) is 0. The third-order valence-electron chi connectivity index (χ3n) is 5.14. The summed E-state index contributed by atoms with van der Waals surface area (Å²) in [4.78, 5) is 16.5. The van der Waals surface area contributed by atoms with Crippen LogP contribution in [0, 0.1) is 12.7 Å². The molecular formula is C23H23F4N3O3. The van der Waals surface area contributed by atoms with Crippen LogP contribution in [0.1, 0.15) is 37.7 Å². The lowest BCUT2D eigenvalue weighted by Gasteiger charge is -2.24. The first-order valence-corrected chi connectivity index (χ1v) is 10.1. The number of benzene rings is 1. The smallest absolute Gasteiger partial charge is 0.399 e. The molecule has 0 radical (unpaired) electrons. The van der Waals surface area contributed by atoms with E-state index >= 15 is 0 Å². The third kappa shape index (κ3) is 5.32. The zero-order chi connectivity index (χ0) is 24.4. The van der Waals surface area contributed by atoms with Gasteiger partial charge in [-0.25, -0.2) is 4.39 Å². The second kappa shape index (κ2) is 9.21. The van der Waals surface area contributed by atoms with Crippen molar-refractivity contribution in [3.63, 3.8) is 0 Å². The van der Waals surface area contributed by atoms with Gasteiger partial charge in [0.2, 0.25) is 11.8 Å². The van der Waals surface area contributed by atoms with Crippen LogP contribution in [-0.2, 0) is 16.6 Å². The van der Waals surface area contributed by atoms with Gasteiger partial charge >= 0.3 is 6.18 Å². The van der Waals surface area contributed by atoms with E-state index in [-0.39, 0.29) is 23.6 Å². The van der Waals surface area contributed by atoms with Gasteiger partial charge in [0.15, 0.2) is 0 Å². The molecule has 0 unspecified atom stereocenters. The van der Waals surface area contributed by atoms with E-state index in [9.17, 15) is 22.4 Å². The minimum absolute atomic E-state index is 0.102. The van der Waals surface area contributed by atoms with Gasteiger partial charge in [-0.1, -0.05) is 17.3 Å². The fourth-order valence-electron chi connectivity index (χ4n) is 3.01. The second-order valence-electron chi connectivity index (χ2n) is 7.99. The highest BCUT2D eigenvalue weighted by molar-refractivity contribution is 5.91. The molecule has 0 atom stereocenters. The van der Waals surface area contributed by atoms with Crippen molar-refractivity contribution in [3.05, 3.63) is 59.3 Å². The maximum atomic E-state index is 14.7. The molecule has 0 saturated carbocycles. The Hall–Kier alpha value is -3.43. The SMILES string of the molecule is CCOc1cc(C)ncc1-c1ccc(CC(=O)Nc2cc(C(C)(C)C(F)(F)F)no2)c(F)c1. The standard InChI is InChI=1S/C23H23F4N3O3/c1-5-32-18-8-13(2)28-12-16(18)14-6-7-15(17(24)9-14)10-20(31)29-21-11-19(30-33-21)22(3,4)23(25,26)27/h6-9,11-12H,5,10H2,1-4H3,(H,29,31). The number of alkyl halides is 3. The quantitative estimate of drug-likeness (QED) is 0.460. The Balaban J connectivity index is 1.73. The maximum absolute atomic E-state index is 14.7. The van der Waals surface area contributed by atoms with E-state index in [0.717, 1.165) is 25.6 Å². The number of anilines is 1. The zero-order valence-corrected chi connectivity index (χ0v) is 18.5. The molecule has 3 rings (SSSR count). The molecule has 6 nitrogen and oxygen atoms in total. The first-order valence-electron chi connectivity index (χ1n) is 10.1. The number of carbonyl (C=O) groups is 1. The number of aromatic nitrogens is 2. The van der Waals surface area contributed by atoms with Crippen LogP contribution in [0.4, 0.5) is 23.4 Å². The van der Waals surface area contributed by atoms with E-state index in [4.69, 9.17) is 9.26 Å². The monoisotopic (exact) mass is 465 g/mol. The predicted molar refractivity (Wildman–Crippen MR) is 113 cm³/mol. The number of hydrogen-bond acceptors (Lipinski definition) is 5. The van der Waals surface area contributed by atoms with Crippen LogP contribution in [0.3, 0.4) is 0 Å². The number of pyridine rings is 1. The van der Waals surface area contributed by atoms with Gasteiger partial charge in [0.25, 0.3) is 0 Å². The van der Waals surface area contributed by atoms with Crippen LogP contribution in [0.25, 0.3) is 11.1 Å². The Morgan fingerprint density at radius 3 is 2.55 bits per heavy atom. The maximum Gasteiger partial charge on any atom is 0.399 e. The lowest BCUT2D eigenvalue weighted by Crippen LogP contribution is -2.36. The van der Waals surface area contributed by atoms with Gasteiger partial charge in [-0.2, -0.15) is 13.2 Å². The van der Waals surface area contributed by atoms with Crippen LogP contribution in [0.5, 0.6) is 5.75 Å². The molecule has 3 aromatic rings. The Morgan fingerprint density at radius 2 is 1.91 bits per heavy atom. The number of rotatable bonds is 7. The number of ether oxygens (including phenoxy) is 1. The summed E-state index contributed by atoms with van der Waals surface area (Å²) in [5, 5.41) is 5.71. The molecule has 0 fully saturated rings. The van der Waals surface area contributed by atoms with E-state index in [0.29, 0.717) is 23.5 Å². The fourth-order valence-corrected chi connectivity index (χ4v) is 3.01. The number of carbonyl (C=O) groups excluding carboxylic acids is 1. The Kier molecular flexibility index (Phi) is 6.76. The third-order valence-corrected chi connectivity index (χ3v) is 5.14. The van der Waals surface area contributed by atoms with E-state index in [1.165, 1.54) is 12.1 Å². The molecular weight excluding hydrogens is 442 g/mol. The van der Waals surface area contributed by atoms with Gasteiger partial charge in [-0.05, 0) is 44.9 Å². The molecule has 10 heteroatoms. The molecule has 0 aliphatic carbocycles. The first-order chi connectivity index (χ1) is 15.4. The van der Waals surface area contributed by atoms with Crippen molar-refractivity contribution in [1.82, 2.24) is 10.1 Å².